The molecule has 2 aromatic rings. The second kappa shape index (κ2) is 2.90. The number of H-pyrrole nitrogens is 1. The molecule has 1 aromatic heterocycles. The van der Waals surface area contributed by atoms with E-state index in [0.717, 1.165) is 16.5 Å². The Morgan fingerprint density at radius 3 is 2.92 bits per heavy atom. The van der Waals surface area contributed by atoms with E-state index < -0.39 is 0 Å². The molecule has 2 heteroatoms. The highest BCUT2D eigenvalue weighted by atomic mass is 14.7. The number of rotatable bonds is 2. The van der Waals surface area contributed by atoms with E-state index in [1.54, 1.807) is 6.08 Å². The minimum absolute atomic E-state index is 0.456. The lowest BCUT2D eigenvalue weighted by atomic mass is 10.1. The van der Waals surface area contributed by atoms with Crippen molar-refractivity contribution in [2.24, 2.45) is 0 Å². The monoisotopic (exact) mass is 170 g/mol. The number of benzene rings is 1. The Balaban J connectivity index is 2.71. The Bertz CT molecular complexity index is 466. The lowest BCUT2D eigenvalue weighted by Gasteiger charge is -1.94. The number of hydrogen-bond donors (Lipinski definition) is 2. The quantitative estimate of drug-likeness (QED) is 0.650. The molecule has 2 rings (SSSR count). The fourth-order valence-electron chi connectivity index (χ4n) is 1.40. The number of allylic oxidation sites excluding steroid dienone is 1. The van der Waals surface area contributed by atoms with E-state index in [9.17, 15) is 0 Å². The van der Waals surface area contributed by atoms with Crippen molar-refractivity contribution in [2.75, 3.05) is 0 Å². The first kappa shape index (κ1) is 7.80. The molecule has 0 fully saturated rings. The van der Waals surface area contributed by atoms with Crippen LogP contribution in [0.25, 0.3) is 10.9 Å². The largest absolute Gasteiger partial charge is 0.360 e. The van der Waals surface area contributed by atoms with Crippen LogP contribution in [0.2, 0.25) is 0 Å². The summed E-state index contributed by atoms with van der Waals surface area (Å²) in [4.78, 5) is 3.11. The topological polar surface area (TPSA) is 39.6 Å². The number of hydrogen-bond acceptors (Lipinski definition) is 1. The molecule has 2 nitrogen and oxygen atoms in total. The number of nitrogens with one attached hydrogen (secondary N) is 2. The molecule has 2 N–H and O–H groups in total. The molecule has 1 heterocycles. The van der Waals surface area contributed by atoms with Crippen LogP contribution in [0.4, 0.5) is 0 Å². The summed E-state index contributed by atoms with van der Waals surface area (Å²) in [5.74, 6) is 0. The van der Waals surface area contributed by atoms with Gasteiger partial charge in [0.2, 0.25) is 0 Å². The van der Waals surface area contributed by atoms with Crippen molar-refractivity contribution in [1.29, 1.82) is 5.41 Å². The smallest absolute Gasteiger partial charge is 0.0627 e. The van der Waals surface area contributed by atoms with Gasteiger partial charge in [0.25, 0.3) is 0 Å². The van der Waals surface area contributed by atoms with Gasteiger partial charge < -0.3 is 10.4 Å². The van der Waals surface area contributed by atoms with E-state index in [0.29, 0.717) is 5.71 Å². The van der Waals surface area contributed by atoms with Crippen molar-refractivity contribution in [2.45, 2.75) is 0 Å². The third-order valence-corrected chi connectivity index (χ3v) is 2.08. The summed E-state index contributed by atoms with van der Waals surface area (Å²) in [7, 11) is 0. The zero-order chi connectivity index (χ0) is 9.26. The van der Waals surface area contributed by atoms with Crippen LogP contribution in [0.1, 0.15) is 5.56 Å². The molecule has 13 heavy (non-hydrogen) atoms. The second-order valence-corrected chi connectivity index (χ2v) is 2.87. The van der Waals surface area contributed by atoms with Gasteiger partial charge in [0.1, 0.15) is 0 Å². The molecule has 0 unspecified atom stereocenters. The Kier molecular flexibility index (Phi) is 1.74. The predicted molar refractivity (Wildman–Crippen MR) is 55.3 cm³/mol. The van der Waals surface area contributed by atoms with E-state index in [1.807, 2.05) is 30.5 Å². The molecule has 0 radical (unpaired) electrons. The minimum Gasteiger partial charge on any atom is -0.360 e. The molecular weight excluding hydrogens is 160 g/mol. The van der Waals surface area contributed by atoms with Gasteiger partial charge >= 0.3 is 0 Å². The third-order valence-electron chi connectivity index (χ3n) is 2.08. The Labute approximate surface area is 76.4 Å². The van der Waals surface area contributed by atoms with Crippen LogP contribution in [0, 0.1) is 5.41 Å². The summed E-state index contributed by atoms with van der Waals surface area (Å²) < 4.78 is 0. The van der Waals surface area contributed by atoms with Crippen molar-refractivity contribution in [3.05, 3.63) is 48.7 Å². The SMILES string of the molecule is C=CC(=N)c1c[nH]c2ccccc12. The number of aromatic nitrogens is 1. The van der Waals surface area contributed by atoms with Crippen LogP contribution in [-0.4, -0.2) is 10.7 Å². The normalized spacial score (nSPS) is 10.2. The van der Waals surface area contributed by atoms with E-state index in [2.05, 4.69) is 11.6 Å². The molecule has 0 aliphatic rings. The van der Waals surface area contributed by atoms with Gasteiger partial charge in [0.15, 0.2) is 0 Å². The van der Waals surface area contributed by atoms with Crippen molar-refractivity contribution < 1.29 is 0 Å². The van der Waals surface area contributed by atoms with Gasteiger partial charge in [-0.25, -0.2) is 0 Å². The molecule has 0 saturated heterocycles. The molecule has 0 saturated carbocycles. The minimum atomic E-state index is 0.456. The van der Waals surface area contributed by atoms with Gasteiger partial charge in [0, 0.05) is 22.7 Å². The maximum atomic E-state index is 7.64. The molecule has 0 amide bonds. The maximum Gasteiger partial charge on any atom is 0.0627 e. The van der Waals surface area contributed by atoms with Gasteiger partial charge in [0.05, 0.1) is 5.71 Å². The van der Waals surface area contributed by atoms with Crippen LogP contribution >= 0.6 is 0 Å². The fourth-order valence-corrected chi connectivity index (χ4v) is 1.40. The molecular formula is C11H10N2. The molecule has 0 atom stereocenters. The summed E-state index contributed by atoms with van der Waals surface area (Å²) in [5.41, 5.74) is 2.42. The van der Waals surface area contributed by atoms with E-state index >= 15 is 0 Å². The van der Waals surface area contributed by atoms with Gasteiger partial charge in [-0.15, -0.1) is 0 Å². The summed E-state index contributed by atoms with van der Waals surface area (Å²) in [6.45, 7) is 3.58. The first-order chi connectivity index (χ1) is 6.33. The van der Waals surface area contributed by atoms with Gasteiger partial charge in [-0.05, 0) is 12.1 Å². The Morgan fingerprint density at radius 2 is 2.15 bits per heavy atom. The lowest BCUT2D eigenvalue weighted by molar-refractivity contribution is 1.45. The standard InChI is InChI=1S/C11H10N2/c1-2-10(12)9-7-13-11-6-4-3-5-8(9)11/h2-7,12-13H,1H2. The molecule has 64 valence electrons. The Morgan fingerprint density at radius 1 is 1.38 bits per heavy atom. The highest BCUT2D eigenvalue weighted by Gasteiger charge is 2.04. The highest BCUT2D eigenvalue weighted by Crippen LogP contribution is 2.17. The first-order valence-corrected chi connectivity index (χ1v) is 4.10. The van der Waals surface area contributed by atoms with Gasteiger partial charge in [-0.3, -0.25) is 0 Å². The lowest BCUT2D eigenvalue weighted by Crippen LogP contribution is -1.90. The van der Waals surface area contributed by atoms with E-state index in [-0.39, 0.29) is 0 Å². The second-order valence-electron chi connectivity index (χ2n) is 2.87. The summed E-state index contributed by atoms with van der Waals surface area (Å²) in [5, 5.41) is 8.72. The van der Waals surface area contributed by atoms with Crippen molar-refractivity contribution in [3.8, 4) is 0 Å². The van der Waals surface area contributed by atoms with E-state index in [4.69, 9.17) is 5.41 Å². The summed E-state index contributed by atoms with van der Waals surface area (Å²) >= 11 is 0. The van der Waals surface area contributed by atoms with Gasteiger partial charge in [-0.1, -0.05) is 24.8 Å². The van der Waals surface area contributed by atoms with Gasteiger partial charge in [-0.2, -0.15) is 0 Å². The summed E-state index contributed by atoms with van der Waals surface area (Å²) in [6, 6.07) is 7.94. The van der Waals surface area contributed by atoms with Crippen molar-refractivity contribution in [3.63, 3.8) is 0 Å². The van der Waals surface area contributed by atoms with Crippen LogP contribution in [-0.2, 0) is 0 Å². The van der Waals surface area contributed by atoms with Crippen molar-refractivity contribution >= 4 is 16.6 Å². The molecule has 0 aliphatic carbocycles. The molecule has 0 bridgehead atoms. The van der Waals surface area contributed by atoms with Crippen molar-refractivity contribution in [1.82, 2.24) is 4.98 Å². The Hall–Kier alpha value is -1.83. The molecule has 0 aliphatic heterocycles. The number of fused-ring (bicyclic) bond motifs is 1. The first-order valence-electron chi connectivity index (χ1n) is 4.10. The van der Waals surface area contributed by atoms with Crippen LogP contribution in [0.3, 0.4) is 0 Å². The van der Waals surface area contributed by atoms with Crippen LogP contribution in [0.15, 0.2) is 43.1 Å². The maximum absolute atomic E-state index is 7.64. The van der Waals surface area contributed by atoms with Crippen LogP contribution < -0.4 is 0 Å². The van der Waals surface area contributed by atoms with Crippen LogP contribution in [0.5, 0.6) is 0 Å². The molecule has 1 aromatic carbocycles. The average molecular weight is 170 g/mol. The van der Waals surface area contributed by atoms with E-state index in [1.165, 1.54) is 0 Å². The third kappa shape index (κ3) is 1.16. The zero-order valence-electron chi connectivity index (χ0n) is 7.17. The summed E-state index contributed by atoms with van der Waals surface area (Å²) in [6.07, 6.45) is 3.39. The highest BCUT2D eigenvalue weighted by molar-refractivity contribution is 6.14. The molecule has 0 spiro atoms. The zero-order valence-corrected chi connectivity index (χ0v) is 7.17. The average Bonchev–Trinajstić information content (AvgIpc) is 2.60. The number of para-hydroxylation sites is 1. The fraction of sp³-hybridized carbons (Fsp3) is 0. The number of aromatic amines is 1. The predicted octanol–water partition coefficient (Wildman–Crippen LogP) is 2.72.